The van der Waals surface area contributed by atoms with Crippen LogP contribution in [0.3, 0.4) is 0 Å². The Hall–Kier alpha value is -3.39. The highest BCUT2D eigenvalue weighted by Crippen LogP contribution is 2.34. The van der Waals surface area contributed by atoms with Crippen LogP contribution in [0.1, 0.15) is 68.2 Å². The molecule has 0 unspecified atom stereocenters. The van der Waals surface area contributed by atoms with Crippen molar-refractivity contribution in [1.29, 1.82) is 0 Å². The Balaban J connectivity index is 1.63. The second-order valence-corrected chi connectivity index (χ2v) is 8.67. The van der Waals surface area contributed by atoms with Gasteiger partial charge in [0.05, 0.1) is 12.2 Å². The van der Waals surface area contributed by atoms with Crippen molar-refractivity contribution >= 4 is 5.84 Å². The summed E-state index contributed by atoms with van der Waals surface area (Å²) in [5.41, 5.74) is 7.22. The van der Waals surface area contributed by atoms with Gasteiger partial charge in [-0.1, -0.05) is 56.5 Å². The Morgan fingerprint density at radius 1 is 1.21 bits per heavy atom. The number of hydrogen-bond acceptors (Lipinski definition) is 5. The van der Waals surface area contributed by atoms with Gasteiger partial charge in [0, 0.05) is 41.7 Å². The number of unbranched alkanes of at least 4 members (excludes halogenated alkanes) is 1. The molecule has 3 aromatic rings. The highest BCUT2D eigenvalue weighted by molar-refractivity contribution is 6.03. The van der Waals surface area contributed by atoms with Crippen LogP contribution in [0.15, 0.2) is 58.7 Å². The Bertz CT molecular complexity index is 1150. The van der Waals surface area contributed by atoms with Gasteiger partial charge in [0.1, 0.15) is 0 Å². The maximum absolute atomic E-state index is 13.2. The number of hydrazine groups is 1. The lowest BCUT2D eigenvalue weighted by Gasteiger charge is -2.13. The molecule has 8 nitrogen and oxygen atoms in total. The number of rotatable bonds is 8. The molecule has 174 valence electrons. The van der Waals surface area contributed by atoms with Crippen LogP contribution in [0.25, 0.3) is 11.3 Å². The molecular formula is C25H33N7O. The second kappa shape index (κ2) is 10.5. The van der Waals surface area contributed by atoms with Crippen LogP contribution in [0.2, 0.25) is 0 Å². The fourth-order valence-electron chi connectivity index (χ4n) is 4.70. The molecule has 0 saturated heterocycles. The standard InChI is InChI=1S/C25H33N7O/c1-2-3-14-31-17-23(19-8-4-5-9-19)32(25(31)33)16-18-12-13-22(28-15-18)20-10-6-7-11-21(20)24(29-26)30-27/h6-7,10-13,15,17,19H,2-5,8-9,14,16,26-27H2,1H3,(H,29,30). The molecule has 1 aromatic carbocycles. The van der Waals surface area contributed by atoms with Crippen LogP contribution in [0.5, 0.6) is 0 Å². The first kappa shape index (κ1) is 22.8. The Labute approximate surface area is 194 Å². The maximum Gasteiger partial charge on any atom is 0.328 e. The summed E-state index contributed by atoms with van der Waals surface area (Å²) in [4.78, 5) is 17.9. The first-order valence-corrected chi connectivity index (χ1v) is 11.7. The number of aryl methyl sites for hydroxylation is 1. The first-order chi connectivity index (χ1) is 16.2. The molecule has 0 radical (unpaired) electrons. The number of nitrogens with one attached hydrogen (secondary N) is 1. The molecule has 0 atom stereocenters. The third-order valence-corrected chi connectivity index (χ3v) is 6.49. The van der Waals surface area contributed by atoms with Gasteiger partial charge in [0.15, 0.2) is 5.84 Å². The summed E-state index contributed by atoms with van der Waals surface area (Å²) < 4.78 is 3.84. The summed E-state index contributed by atoms with van der Waals surface area (Å²) in [6.07, 6.45) is 10.8. The van der Waals surface area contributed by atoms with Gasteiger partial charge in [-0.05, 0) is 30.9 Å². The molecule has 2 aromatic heterocycles. The quantitative estimate of drug-likeness (QED) is 0.212. The smallest absolute Gasteiger partial charge is 0.321 e. The molecule has 1 fully saturated rings. The molecule has 0 bridgehead atoms. The summed E-state index contributed by atoms with van der Waals surface area (Å²) in [6, 6.07) is 11.7. The molecule has 1 aliphatic carbocycles. The highest BCUT2D eigenvalue weighted by Gasteiger charge is 2.23. The molecule has 5 N–H and O–H groups in total. The molecule has 4 rings (SSSR count). The van der Waals surface area contributed by atoms with Crippen LogP contribution in [-0.4, -0.2) is 20.0 Å². The van der Waals surface area contributed by atoms with E-state index in [4.69, 9.17) is 11.7 Å². The summed E-state index contributed by atoms with van der Waals surface area (Å²) >= 11 is 0. The van der Waals surface area contributed by atoms with E-state index in [2.05, 4.69) is 28.6 Å². The summed E-state index contributed by atoms with van der Waals surface area (Å²) in [6.45, 7) is 3.45. The molecule has 0 aliphatic heterocycles. The molecule has 0 amide bonds. The van der Waals surface area contributed by atoms with Crippen molar-refractivity contribution < 1.29 is 0 Å². The van der Waals surface area contributed by atoms with Gasteiger partial charge in [-0.25, -0.2) is 10.6 Å². The van der Waals surface area contributed by atoms with Crippen LogP contribution >= 0.6 is 0 Å². The normalized spacial score (nSPS) is 14.7. The number of aromatic nitrogens is 3. The fourth-order valence-corrected chi connectivity index (χ4v) is 4.70. The van der Waals surface area contributed by atoms with Gasteiger partial charge in [-0.15, -0.1) is 0 Å². The number of hydrogen-bond donors (Lipinski definition) is 3. The minimum absolute atomic E-state index is 0.0811. The molecule has 1 saturated carbocycles. The maximum atomic E-state index is 13.2. The van der Waals surface area contributed by atoms with Gasteiger partial charge in [-0.3, -0.25) is 14.1 Å². The number of pyridine rings is 1. The number of hydrazone groups is 1. The van der Waals surface area contributed by atoms with E-state index in [1.807, 2.05) is 51.7 Å². The van der Waals surface area contributed by atoms with Crippen molar-refractivity contribution in [3.05, 3.63) is 76.1 Å². The van der Waals surface area contributed by atoms with Gasteiger partial charge >= 0.3 is 5.69 Å². The summed E-state index contributed by atoms with van der Waals surface area (Å²) in [7, 11) is 0. The van der Waals surface area contributed by atoms with E-state index in [1.54, 1.807) is 0 Å². The van der Waals surface area contributed by atoms with Crippen molar-refractivity contribution in [1.82, 2.24) is 19.5 Å². The molecule has 33 heavy (non-hydrogen) atoms. The number of benzene rings is 1. The number of nitrogens with two attached hydrogens (primary N) is 2. The SMILES string of the molecule is CCCCn1cc(C2CCCC2)n(Cc2ccc(-c3ccccc3/C(=N/N)NN)nc2)c1=O. The van der Waals surface area contributed by atoms with Crippen molar-refractivity contribution in [2.24, 2.45) is 16.8 Å². The van der Waals surface area contributed by atoms with Crippen LogP contribution in [0.4, 0.5) is 0 Å². The lowest BCUT2D eigenvalue weighted by Crippen LogP contribution is -2.32. The minimum atomic E-state index is 0.0811. The number of nitrogens with zero attached hydrogens (tertiary/aromatic N) is 4. The Morgan fingerprint density at radius 3 is 2.67 bits per heavy atom. The lowest BCUT2D eigenvalue weighted by atomic mass is 10.0. The second-order valence-electron chi connectivity index (χ2n) is 8.67. The monoisotopic (exact) mass is 447 g/mol. The zero-order chi connectivity index (χ0) is 23.2. The molecule has 2 heterocycles. The average Bonchev–Trinajstić information content (AvgIpc) is 3.48. The van der Waals surface area contributed by atoms with E-state index in [0.717, 1.165) is 54.6 Å². The predicted molar refractivity (Wildman–Crippen MR) is 132 cm³/mol. The zero-order valence-corrected chi connectivity index (χ0v) is 19.2. The third kappa shape index (κ3) is 4.85. The van der Waals surface area contributed by atoms with Crippen molar-refractivity contribution in [3.8, 4) is 11.3 Å². The van der Waals surface area contributed by atoms with Crippen LogP contribution in [-0.2, 0) is 13.1 Å². The molecular weight excluding hydrogens is 414 g/mol. The molecule has 8 heteroatoms. The summed E-state index contributed by atoms with van der Waals surface area (Å²) in [5.74, 6) is 11.9. The largest absolute Gasteiger partial charge is 0.328 e. The van der Waals surface area contributed by atoms with Gasteiger partial charge in [0.25, 0.3) is 0 Å². The van der Waals surface area contributed by atoms with Crippen LogP contribution in [0, 0.1) is 0 Å². The Kier molecular flexibility index (Phi) is 7.24. The topological polar surface area (TPSA) is 116 Å². The van der Waals surface area contributed by atoms with Crippen LogP contribution < -0.4 is 22.8 Å². The molecule has 0 spiro atoms. The Morgan fingerprint density at radius 2 is 2.00 bits per heavy atom. The first-order valence-electron chi connectivity index (χ1n) is 11.7. The lowest BCUT2D eigenvalue weighted by molar-refractivity contribution is 0.585. The highest BCUT2D eigenvalue weighted by atomic mass is 16.1. The number of amidine groups is 1. The van der Waals surface area contributed by atoms with Crippen molar-refractivity contribution in [2.75, 3.05) is 0 Å². The van der Waals surface area contributed by atoms with Gasteiger partial charge in [0.2, 0.25) is 0 Å². The molecule has 1 aliphatic rings. The van der Waals surface area contributed by atoms with Crippen molar-refractivity contribution in [2.45, 2.75) is 64.5 Å². The van der Waals surface area contributed by atoms with Gasteiger partial charge in [-0.2, -0.15) is 5.10 Å². The van der Waals surface area contributed by atoms with E-state index >= 15 is 0 Å². The third-order valence-electron chi connectivity index (χ3n) is 6.49. The van der Waals surface area contributed by atoms with E-state index in [1.165, 1.54) is 18.5 Å². The van der Waals surface area contributed by atoms with E-state index in [0.29, 0.717) is 18.3 Å². The van der Waals surface area contributed by atoms with E-state index in [9.17, 15) is 4.79 Å². The van der Waals surface area contributed by atoms with Gasteiger partial charge < -0.3 is 11.3 Å². The number of imidazole rings is 1. The average molecular weight is 448 g/mol. The predicted octanol–water partition coefficient (Wildman–Crippen LogP) is 3.30. The minimum Gasteiger partial charge on any atom is -0.321 e. The van der Waals surface area contributed by atoms with E-state index in [-0.39, 0.29) is 5.69 Å². The van der Waals surface area contributed by atoms with E-state index < -0.39 is 0 Å². The zero-order valence-electron chi connectivity index (χ0n) is 19.2. The fraction of sp³-hybridized carbons (Fsp3) is 0.400. The van der Waals surface area contributed by atoms with Crippen molar-refractivity contribution in [3.63, 3.8) is 0 Å². The summed E-state index contributed by atoms with van der Waals surface area (Å²) in [5, 5.41) is 3.73.